The van der Waals surface area contributed by atoms with Gasteiger partial charge in [0.1, 0.15) is 5.60 Å². The Morgan fingerprint density at radius 3 is 2.57 bits per heavy atom. The van der Waals surface area contributed by atoms with E-state index in [0.29, 0.717) is 38.1 Å². The summed E-state index contributed by atoms with van der Waals surface area (Å²) in [5, 5.41) is 3.05. The molecule has 0 bridgehead atoms. The highest BCUT2D eigenvalue weighted by atomic mass is 16.6. The van der Waals surface area contributed by atoms with Gasteiger partial charge in [-0.15, -0.1) is 0 Å². The molecule has 1 amide bonds. The topological polar surface area (TPSA) is 89.2 Å². The first kappa shape index (κ1) is 19.5. The van der Waals surface area contributed by atoms with Crippen molar-refractivity contribution in [3.8, 4) is 0 Å². The van der Waals surface area contributed by atoms with E-state index in [-0.39, 0.29) is 6.09 Å². The zero-order valence-electron chi connectivity index (χ0n) is 14.9. The van der Waals surface area contributed by atoms with Crippen molar-refractivity contribution >= 4 is 12.1 Å². The minimum atomic E-state index is -0.515. The SMILES string of the molecule is COCCN(CCNC(N)=NCC1CCC1)C(=O)OC(C)(C)C. The lowest BCUT2D eigenvalue weighted by molar-refractivity contribution is 0.0206. The summed E-state index contributed by atoms with van der Waals surface area (Å²) in [6.45, 7) is 8.30. The fourth-order valence-electron chi connectivity index (χ4n) is 2.10. The number of rotatable bonds is 8. The van der Waals surface area contributed by atoms with Crippen molar-refractivity contribution in [2.45, 2.75) is 45.6 Å². The molecule has 1 aliphatic carbocycles. The van der Waals surface area contributed by atoms with E-state index in [1.54, 1.807) is 12.0 Å². The predicted molar refractivity (Wildman–Crippen MR) is 91.5 cm³/mol. The van der Waals surface area contributed by atoms with Crippen molar-refractivity contribution in [2.75, 3.05) is 39.9 Å². The maximum atomic E-state index is 12.2. The van der Waals surface area contributed by atoms with Crippen molar-refractivity contribution in [1.82, 2.24) is 10.2 Å². The quantitative estimate of drug-likeness (QED) is 0.521. The van der Waals surface area contributed by atoms with Crippen LogP contribution in [0, 0.1) is 5.92 Å². The van der Waals surface area contributed by atoms with Crippen LogP contribution in [0.25, 0.3) is 0 Å². The molecule has 0 radical (unpaired) electrons. The highest BCUT2D eigenvalue weighted by Gasteiger charge is 2.21. The van der Waals surface area contributed by atoms with Gasteiger partial charge in [-0.1, -0.05) is 6.42 Å². The van der Waals surface area contributed by atoms with E-state index in [2.05, 4.69) is 10.3 Å². The van der Waals surface area contributed by atoms with Gasteiger partial charge in [0.15, 0.2) is 5.96 Å². The summed E-state index contributed by atoms with van der Waals surface area (Å²) in [5.74, 6) is 1.13. The van der Waals surface area contributed by atoms with E-state index in [1.807, 2.05) is 20.8 Å². The minimum Gasteiger partial charge on any atom is -0.444 e. The van der Waals surface area contributed by atoms with Gasteiger partial charge in [-0.3, -0.25) is 4.99 Å². The van der Waals surface area contributed by atoms with Crippen LogP contribution in [0.4, 0.5) is 4.79 Å². The van der Waals surface area contributed by atoms with Crippen LogP contribution in [0.2, 0.25) is 0 Å². The van der Waals surface area contributed by atoms with E-state index < -0.39 is 5.60 Å². The highest BCUT2D eigenvalue weighted by Crippen LogP contribution is 2.26. The molecular weight excluding hydrogens is 296 g/mol. The summed E-state index contributed by atoms with van der Waals surface area (Å²) in [6, 6.07) is 0. The third-order valence-corrected chi connectivity index (χ3v) is 3.65. The average molecular weight is 328 g/mol. The third-order valence-electron chi connectivity index (χ3n) is 3.65. The van der Waals surface area contributed by atoms with E-state index in [4.69, 9.17) is 15.2 Å². The zero-order valence-corrected chi connectivity index (χ0v) is 14.9. The monoisotopic (exact) mass is 328 g/mol. The molecule has 1 rings (SSSR count). The molecule has 0 spiro atoms. The Kier molecular flexibility index (Phi) is 8.16. The molecule has 0 aliphatic heterocycles. The number of ether oxygens (including phenoxy) is 2. The first-order valence-electron chi connectivity index (χ1n) is 8.32. The second kappa shape index (κ2) is 9.60. The lowest BCUT2D eigenvalue weighted by Crippen LogP contribution is -2.44. The summed E-state index contributed by atoms with van der Waals surface area (Å²) in [7, 11) is 1.61. The van der Waals surface area contributed by atoms with Gasteiger partial charge in [-0.05, 0) is 39.5 Å². The fourth-order valence-corrected chi connectivity index (χ4v) is 2.10. The molecule has 23 heavy (non-hydrogen) atoms. The summed E-state index contributed by atoms with van der Waals surface area (Å²) >= 11 is 0. The molecular formula is C16H32N4O3. The lowest BCUT2D eigenvalue weighted by atomic mass is 9.86. The van der Waals surface area contributed by atoms with Crippen molar-refractivity contribution in [2.24, 2.45) is 16.6 Å². The molecule has 0 aromatic carbocycles. The Bertz CT molecular complexity index is 389. The largest absolute Gasteiger partial charge is 0.444 e. The Hall–Kier alpha value is -1.50. The number of hydrogen-bond donors (Lipinski definition) is 2. The van der Waals surface area contributed by atoms with Crippen LogP contribution in [0.1, 0.15) is 40.0 Å². The first-order chi connectivity index (χ1) is 10.8. The van der Waals surface area contributed by atoms with Gasteiger partial charge in [-0.2, -0.15) is 0 Å². The molecule has 1 fully saturated rings. The standard InChI is InChI=1S/C16H32N4O3/c1-16(2,3)23-15(21)20(10-11-22-4)9-8-18-14(17)19-12-13-6-5-7-13/h13H,5-12H2,1-4H3,(H3,17,18,19). The van der Waals surface area contributed by atoms with E-state index in [9.17, 15) is 4.79 Å². The van der Waals surface area contributed by atoms with Crippen LogP contribution in [-0.2, 0) is 9.47 Å². The number of nitrogens with one attached hydrogen (secondary N) is 1. The van der Waals surface area contributed by atoms with Crippen LogP contribution >= 0.6 is 0 Å². The summed E-state index contributed by atoms with van der Waals surface area (Å²) in [5.41, 5.74) is 5.33. The maximum absolute atomic E-state index is 12.2. The lowest BCUT2D eigenvalue weighted by Gasteiger charge is -2.27. The van der Waals surface area contributed by atoms with E-state index in [1.165, 1.54) is 19.3 Å². The fraction of sp³-hybridized carbons (Fsp3) is 0.875. The number of aliphatic imine (C=N–C) groups is 1. The van der Waals surface area contributed by atoms with Crippen molar-refractivity contribution in [3.63, 3.8) is 0 Å². The summed E-state index contributed by atoms with van der Waals surface area (Å²) in [6.07, 6.45) is 3.46. The Balaban J connectivity index is 2.35. The number of nitrogens with zero attached hydrogens (tertiary/aromatic N) is 2. The molecule has 0 aromatic heterocycles. The molecule has 0 heterocycles. The molecule has 0 atom stereocenters. The number of nitrogens with two attached hydrogens (primary N) is 1. The van der Waals surface area contributed by atoms with Crippen molar-refractivity contribution in [3.05, 3.63) is 0 Å². The van der Waals surface area contributed by atoms with Crippen molar-refractivity contribution in [1.29, 1.82) is 0 Å². The minimum absolute atomic E-state index is 0.346. The number of hydrogen-bond acceptors (Lipinski definition) is 4. The maximum Gasteiger partial charge on any atom is 0.410 e. The first-order valence-corrected chi connectivity index (χ1v) is 8.32. The zero-order chi connectivity index (χ0) is 17.3. The Morgan fingerprint density at radius 2 is 2.04 bits per heavy atom. The molecule has 1 saturated carbocycles. The molecule has 134 valence electrons. The molecule has 0 saturated heterocycles. The van der Waals surface area contributed by atoms with Gasteiger partial charge in [0.25, 0.3) is 0 Å². The van der Waals surface area contributed by atoms with Crippen LogP contribution in [0.5, 0.6) is 0 Å². The third kappa shape index (κ3) is 8.64. The molecule has 0 aromatic rings. The molecule has 3 N–H and O–H groups in total. The second-order valence-electron chi connectivity index (χ2n) is 6.91. The molecule has 1 aliphatic rings. The average Bonchev–Trinajstić information content (AvgIpc) is 2.38. The number of amides is 1. The molecule has 0 unspecified atom stereocenters. The Labute approximate surface area is 139 Å². The van der Waals surface area contributed by atoms with E-state index >= 15 is 0 Å². The van der Waals surface area contributed by atoms with E-state index in [0.717, 1.165) is 6.54 Å². The number of guanidine groups is 1. The van der Waals surface area contributed by atoms with Crippen LogP contribution in [-0.4, -0.2) is 62.4 Å². The van der Waals surface area contributed by atoms with Gasteiger partial charge in [-0.25, -0.2) is 4.79 Å². The van der Waals surface area contributed by atoms with Gasteiger partial charge in [0, 0.05) is 33.3 Å². The molecule has 7 heteroatoms. The van der Waals surface area contributed by atoms with Gasteiger partial charge >= 0.3 is 6.09 Å². The number of methoxy groups -OCH3 is 1. The summed E-state index contributed by atoms with van der Waals surface area (Å²) < 4.78 is 10.4. The highest BCUT2D eigenvalue weighted by molar-refractivity contribution is 5.77. The second-order valence-corrected chi connectivity index (χ2v) is 6.91. The van der Waals surface area contributed by atoms with Crippen LogP contribution < -0.4 is 11.1 Å². The number of carbonyl (C=O) groups is 1. The van der Waals surface area contributed by atoms with Gasteiger partial charge in [0.2, 0.25) is 0 Å². The van der Waals surface area contributed by atoms with Gasteiger partial charge in [0.05, 0.1) is 6.61 Å². The predicted octanol–water partition coefficient (Wildman–Crippen LogP) is 1.57. The smallest absolute Gasteiger partial charge is 0.410 e. The normalized spacial score (nSPS) is 15.9. The van der Waals surface area contributed by atoms with Crippen LogP contribution in [0.15, 0.2) is 4.99 Å². The Morgan fingerprint density at radius 1 is 1.35 bits per heavy atom. The van der Waals surface area contributed by atoms with Gasteiger partial charge < -0.3 is 25.4 Å². The molecule has 7 nitrogen and oxygen atoms in total. The van der Waals surface area contributed by atoms with Crippen LogP contribution in [0.3, 0.4) is 0 Å². The summed E-state index contributed by atoms with van der Waals surface area (Å²) in [4.78, 5) is 18.1. The van der Waals surface area contributed by atoms with Crippen molar-refractivity contribution < 1.29 is 14.3 Å². The number of carbonyl (C=O) groups excluding carboxylic acids is 1.